The zero-order chi connectivity index (χ0) is 9.97. The monoisotopic (exact) mass is 194 g/mol. The van der Waals surface area contributed by atoms with Gasteiger partial charge in [-0.1, -0.05) is 24.4 Å². The van der Waals surface area contributed by atoms with E-state index in [-0.39, 0.29) is 11.6 Å². The summed E-state index contributed by atoms with van der Waals surface area (Å²) in [5.41, 5.74) is 0. The van der Waals surface area contributed by atoms with E-state index < -0.39 is 0 Å². The van der Waals surface area contributed by atoms with Crippen molar-refractivity contribution in [3.8, 4) is 0 Å². The Morgan fingerprint density at radius 2 is 2.07 bits per heavy atom. The highest BCUT2D eigenvalue weighted by Crippen LogP contribution is 2.31. The molecule has 0 unspecified atom stereocenters. The number of aromatic nitrogens is 2. The van der Waals surface area contributed by atoms with Gasteiger partial charge in [0.15, 0.2) is 0 Å². The standard InChI is InChI=1S/C10H14N2O2/c1-7(13)9-11-10(14-12-9)8-5-3-2-4-6-8/h8H,2-6H2,1H3. The van der Waals surface area contributed by atoms with Gasteiger partial charge in [-0.25, -0.2) is 0 Å². The topological polar surface area (TPSA) is 56.0 Å². The molecule has 0 N–H and O–H groups in total. The quantitative estimate of drug-likeness (QED) is 0.678. The SMILES string of the molecule is CC(=O)c1noc(C2CCCCC2)n1. The number of nitrogens with zero attached hydrogens (tertiary/aromatic N) is 2. The summed E-state index contributed by atoms with van der Waals surface area (Å²) >= 11 is 0. The lowest BCUT2D eigenvalue weighted by Crippen LogP contribution is -2.05. The number of hydrogen-bond donors (Lipinski definition) is 0. The van der Waals surface area contributed by atoms with E-state index in [4.69, 9.17) is 4.52 Å². The minimum absolute atomic E-state index is 0.129. The van der Waals surface area contributed by atoms with Crippen LogP contribution in [0.25, 0.3) is 0 Å². The fourth-order valence-corrected chi connectivity index (χ4v) is 1.89. The number of ketones is 1. The lowest BCUT2D eigenvalue weighted by molar-refractivity contribution is 0.100. The zero-order valence-electron chi connectivity index (χ0n) is 8.32. The average Bonchev–Trinajstić information content (AvgIpc) is 2.68. The molecule has 0 aliphatic heterocycles. The van der Waals surface area contributed by atoms with Gasteiger partial charge in [0.1, 0.15) is 0 Å². The van der Waals surface area contributed by atoms with Crippen LogP contribution in [0.1, 0.15) is 61.5 Å². The summed E-state index contributed by atoms with van der Waals surface area (Å²) in [5.74, 6) is 1.11. The maximum Gasteiger partial charge on any atom is 0.238 e. The summed E-state index contributed by atoms with van der Waals surface area (Å²) in [4.78, 5) is 15.1. The highest BCUT2D eigenvalue weighted by Gasteiger charge is 2.22. The Morgan fingerprint density at radius 1 is 1.36 bits per heavy atom. The molecule has 0 radical (unpaired) electrons. The van der Waals surface area contributed by atoms with E-state index in [9.17, 15) is 4.79 Å². The van der Waals surface area contributed by atoms with Gasteiger partial charge in [0.2, 0.25) is 17.5 Å². The van der Waals surface area contributed by atoms with Crippen LogP contribution in [-0.2, 0) is 0 Å². The van der Waals surface area contributed by atoms with Crippen molar-refractivity contribution in [1.82, 2.24) is 10.1 Å². The lowest BCUT2D eigenvalue weighted by atomic mass is 9.89. The fourth-order valence-electron chi connectivity index (χ4n) is 1.89. The molecule has 1 heterocycles. The molecule has 4 heteroatoms. The van der Waals surface area contributed by atoms with Gasteiger partial charge in [0.05, 0.1) is 0 Å². The second kappa shape index (κ2) is 3.90. The molecule has 4 nitrogen and oxygen atoms in total. The predicted molar refractivity (Wildman–Crippen MR) is 50.1 cm³/mol. The van der Waals surface area contributed by atoms with E-state index in [1.54, 1.807) is 0 Å². The third-order valence-corrected chi connectivity index (χ3v) is 2.71. The second-order valence-corrected chi connectivity index (χ2v) is 3.85. The van der Waals surface area contributed by atoms with E-state index in [0.29, 0.717) is 11.8 Å². The van der Waals surface area contributed by atoms with Crippen molar-refractivity contribution in [3.05, 3.63) is 11.7 Å². The van der Waals surface area contributed by atoms with E-state index in [1.165, 1.54) is 26.2 Å². The molecule has 0 atom stereocenters. The van der Waals surface area contributed by atoms with Gasteiger partial charge in [-0.3, -0.25) is 4.79 Å². The predicted octanol–water partition coefficient (Wildman–Crippen LogP) is 2.32. The Balaban J connectivity index is 2.11. The summed E-state index contributed by atoms with van der Waals surface area (Å²) in [6, 6.07) is 0. The van der Waals surface area contributed by atoms with E-state index in [0.717, 1.165) is 12.8 Å². The van der Waals surface area contributed by atoms with Crippen LogP contribution in [0.4, 0.5) is 0 Å². The van der Waals surface area contributed by atoms with Crippen molar-refractivity contribution in [3.63, 3.8) is 0 Å². The molecule has 1 aromatic rings. The molecule has 1 aliphatic carbocycles. The molecular weight excluding hydrogens is 180 g/mol. The van der Waals surface area contributed by atoms with Gasteiger partial charge in [0.25, 0.3) is 0 Å². The van der Waals surface area contributed by atoms with E-state index >= 15 is 0 Å². The first-order chi connectivity index (χ1) is 6.77. The maximum atomic E-state index is 11.0. The first kappa shape index (κ1) is 9.37. The van der Waals surface area contributed by atoms with Crippen molar-refractivity contribution in [2.75, 3.05) is 0 Å². The number of rotatable bonds is 2. The summed E-state index contributed by atoms with van der Waals surface area (Å²) in [6.45, 7) is 1.45. The molecule has 0 aromatic carbocycles. The summed E-state index contributed by atoms with van der Waals surface area (Å²) in [7, 11) is 0. The fraction of sp³-hybridized carbons (Fsp3) is 0.700. The van der Waals surface area contributed by atoms with Gasteiger partial charge >= 0.3 is 0 Å². The number of Topliss-reactive ketones (excluding diaryl/α,β-unsaturated/α-hetero) is 1. The van der Waals surface area contributed by atoms with Crippen LogP contribution in [0, 0.1) is 0 Å². The highest BCUT2D eigenvalue weighted by molar-refractivity contribution is 5.89. The average molecular weight is 194 g/mol. The Bertz CT molecular complexity index is 327. The Hall–Kier alpha value is -1.19. The molecule has 1 aliphatic rings. The molecule has 0 amide bonds. The molecule has 1 fully saturated rings. The van der Waals surface area contributed by atoms with Gasteiger partial charge in [0, 0.05) is 12.8 Å². The Morgan fingerprint density at radius 3 is 2.64 bits per heavy atom. The third-order valence-electron chi connectivity index (χ3n) is 2.71. The molecule has 76 valence electrons. The first-order valence-electron chi connectivity index (χ1n) is 5.12. The summed E-state index contributed by atoms with van der Waals surface area (Å²) < 4.78 is 5.08. The number of hydrogen-bond acceptors (Lipinski definition) is 4. The molecule has 1 aromatic heterocycles. The van der Waals surface area contributed by atoms with Crippen molar-refractivity contribution >= 4 is 5.78 Å². The summed E-state index contributed by atoms with van der Waals surface area (Å²) in [5, 5.41) is 3.66. The van der Waals surface area contributed by atoms with Gasteiger partial charge < -0.3 is 4.52 Å². The van der Waals surface area contributed by atoms with Gasteiger partial charge in [-0.15, -0.1) is 0 Å². The van der Waals surface area contributed by atoms with Crippen LogP contribution in [0.2, 0.25) is 0 Å². The normalized spacial score (nSPS) is 18.4. The van der Waals surface area contributed by atoms with Crippen LogP contribution < -0.4 is 0 Å². The molecule has 0 spiro atoms. The van der Waals surface area contributed by atoms with Crippen molar-refractivity contribution in [1.29, 1.82) is 0 Å². The van der Waals surface area contributed by atoms with Crippen molar-refractivity contribution in [2.45, 2.75) is 44.9 Å². The first-order valence-corrected chi connectivity index (χ1v) is 5.12. The number of carbonyl (C=O) groups excluding carboxylic acids is 1. The van der Waals surface area contributed by atoms with Crippen LogP contribution in [0.15, 0.2) is 4.52 Å². The Labute approximate surface area is 82.7 Å². The second-order valence-electron chi connectivity index (χ2n) is 3.85. The maximum absolute atomic E-state index is 11.0. The van der Waals surface area contributed by atoms with Gasteiger partial charge in [-0.2, -0.15) is 4.98 Å². The molecular formula is C10H14N2O2. The minimum Gasteiger partial charge on any atom is -0.339 e. The Kier molecular flexibility index (Phi) is 2.61. The van der Waals surface area contributed by atoms with Crippen LogP contribution in [0.3, 0.4) is 0 Å². The van der Waals surface area contributed by atoms with E-state index in [2.05, 4.69) is 10.1 Å². The van der Waals surface area contributed by atoms with Crippen LogP contribution in [-0.4, -0.2) is 15.9 Å². The smallest absolute Gasteiger partial charge is 0.238 e. The van der Waals surface area contributed by atoms with Crippen LogP contribution in [0.5, 0.6) is 0 Å². The minimum atomic E-state index is -0.129. The summed E-state index contributed by atoms with van der Waals surface area (Å²) in [6.07, 6.45) is 5.97. The third kappa shape index (κ3) is 1.84. The van der Waals surface area contributed by atoms with Gasteiger partial charge in [-0.05, 0) is 12.8 Å². The molecule has 0 bridgehead atoms. The largest absolute Gasteiger partial charge is 0.339 e. The lowest BCUT2D eigenvalue weighted by Gasteiger charge is -2.17. The number of carbonyl (C=O) groups is 1. The molecule has 2 rings (SSSR count). The zero-order valence-corrected chi connectivity index (χ0v) is 8.32. The molecule has 0 saturated heterocycles. The van der Waals surface area contributed by atoms with Crippen molar-refractivity contribution < 1.29 is 9.32 Å². The highest BCUT2D eigenvalue weighted by atomic mass is 16.5. The van der Waals surface area contributed by atoms with Crippen LogP contribution >= 0.6 is 0 Å². The molecule has 1 saturated carbocycles. The van der Waals surface area contributed by atoms with Crippen molar-refractivity contribution in [2.24, 2.45) is 0 Å². The van der Waals surface area contributed by atoms with E-state index in [1.807, 2.05) is 0 Å². The molecule has 14 heavy (non-hydrogen) atoms.